The molecule has 3 aliphatic rings. The summed E-state index contributed by atoms with van der Waals surface area (Å²) in [5.74, 6) is 0.119. The monoisotopic (exact) mass is 421 g/mol. The Morgan fingerprint density at radius 1 is 1.06 bits per heavy atom. The standard InChI is InChI=1S/C23H24FN5O2/c1-14-4-5-15(2)18(12-14)27-10-11-28-19-20(25-22(27)28)26(3)23(31)29(21(19)30)13-16-6-8-17(24)9-7-16/h4-9,12,19-20H,10-11,13H2,1-3H3. The zero-order valence-electron chi connectivity index (χ0n) is 17.7. The summed E-state index contributed by atoms with van der Waals surface area (Å²) in [6.45, 7) is 5.61. The molecule has 2 aromatic carbocycles. The topological polar surface area (TPSA) is 59.5 Å². The largest absolute Gasteiger partial charge is 0.328 e. The van der Waals surface area contributed by atoms with Crippen molar-refractivity contribution < 1.29 is 14.0 Å². The van der Waals surface area contributed by atoms with Gasteiger partial charge >= 0.3 is 6.03 Å². The van der Waals surface area contributed by atoms with Gasteiger partial charge in [-0.25, -0.2) is 14.2 Å². The molecule has 8 heteroatoms. The first kappa shape index (κ1) is 19.5. The fourth-order valence-electron chi connectivity index (χ4n) is 4.59. The van der Waals surface area contributed by atoms with E-state index in [1.54, 1.807) is 19.2 Å². The van der Waals surface area contributed by atoms with Crippen LogP contribution in [0.5, 0.6) is 0 Å². The number of guanidine groups is 1. The maximum absolute atomic E-state index is 13.4. The number of urea groups is 1. The van der Waals surface area contributed by atoms with Gasteiger partial charge in [0.25, 0.3) is 5.91 Å². The molecular formula is C23H24FN5O2. The van der Waals surface area contributed by atoms with Crippen LogP contribution in [0.25, 0.3) is 0 Å². The van der Waals surface area contributed by atoms with Crippen LogP contribution in [0, 0.1) is 19.7 Å². The molecule has 0 saturated carbocycles. The number of likely N-dealkylation sites (N-methyl/N-ethyl adjacent to an activating group) is 1. The molecule has 3 aliphatic heterocycles. The smallest absolute Gasteiger partial charge is 0.325 e. The van der Waals surface area contributed by atoms with E-state index in [9.17, 15) is 14.0 Å². The Labute approximate surface area is 180 Å². The van der Waals surface area contributed by atoms with E-state index in [-0.39, 0.29) is 24.3 Å². The average molecular weight is 421 g/mol. The fraction of sp³-hybridized carbons (Fsp3) is 0.348. The number of fused-ring (bicyclic) bond motifs is 3. The van der Waals surface area contributed by atoms with Crippen molar-refractivity contribution in [2.45, 2.75) is 32.6 Å². The van der Waals surface area contributed by atoms with Gasteiger partial charge in [-0.05, 0) is 48.7 Å². The van der Waals surface area contributed by atoms with Crippen molar-refractivity contribution in [3.8, 4) is 0 Å². The fourth-order valence-corrected chi connectivity index (χ4v) is 4.59. The van der Waals surface area contributed by atoms with E-state index < -0.39 is 12.2 Å². The van der Waals surface area contributed by atoms with E-state index >= 15 is 0 Å². The molecule has 0 spiro atoms. The van der Waals surface area contributed by atoms with Crippen LogP contribution >= 0.6 is 0 Å². The van der Waals surface area contributed by atoms with Crippen molar-refractivity contribution in [1.29, 1.82) is 0 Å². The van der Waals surface area contributed by atoms with Crippen LogP contribution in [-0.2, 0) is 11.3 Å². The summed E-state index contributed by atoms with van der Waals surface area (Å²) < 4.78 is 13.3. The van der Waals surface area contributed by atoms with Crippen molar-refractivity contribution in [3.05, 3.63) is 65.0 Å². The molecule has 0 bridgehead atoms. The van der Waals surface area contributed by atoms with E-state index in [2.05, 4.69) is 36.9 Å². The van der Waals surface area contributed by atoms with Crippen LogP contribution in [0.4, 0.5) is 14.9 Å². The van der Waals surface area contributed by atoms with Gasteiger partial charge in [0.1, 0.15) is 5.82 Å². The van der Waals surface area contributed by atoms with Gasteiger partial charge in [-0.3, -0.25) is 9.69 Å². The highest BCUT2D eigenvalue weighted by molar-refractivity contribution is 6.08. The lowest BCUT2D eigenvalue weighted by molar-refractivity contribution is -0.137. The van der Waals surface area contributed by atoms with Crippen LogP contribution in [0.3, 0.4) is 0 Å². The van der Waals surface area contributed by atoms with E-state index in [0.717, 1.165) is 29.3 Å². The third kappa shape index (κ3) is 3.05. The van der Waals surface area contributed by atoms with E-state index in [0.29, 0.717) is 12.1 Å². The molecule has 0 radical (unpaired) electrons. The predicted molar refractivity (Wildman–Crippen MR) is 115 cm³/mol. The summed E-state index contributed by atoms with van der Waals surface area (Å²) in [4.78, 5) is 38.1. The molecule has 2 unspecified atom stereocenters. The van der Waals surface area contributed by atoms with Crippen LogP contribution < -0.4 is 4.90 Å². The van der Waals surface area contributed by atoms with Gasteiger partial charge in [-0.1, -0.05) is 24.3 Å². The minimum Gasteiger partial charge on any atom is -0.325 e. The minimum atomic E-state index is -0.549. The van der Waals surface area contributed by atoms with Gasteiger partial charge in [0, 0.05) is 25.8 Å². The summed E-state index contributed by atoms with van der Waals surface area (Å²) in [6, 6.07) is 11.2. The summed E-state index contributed by atoms with van der Waals surface area (Å²) in [5, 5.41) is 0. The van der Waals surface area contributed by atoms with Gasteiger partial charge in [-0.2, -0.15) is 0 Å². The van der Waals surface area contributed by atoms with Crippen LogP contribution in [0.2, 0.25) is 0 Å². The lowest BCUT2D eigenvalue weighted by Gasteiger charge is -2.40. The summed E-state index contributed by atoms with van der Waals surface area (Å²) >= 11 is 0. The highest BCUT2D eigenvalue weighted by atomic mass is 19.1. The predicted octanol–water partition coefficient (Wildman–Crippen LogP) is 2.72. The minimum absolute atomic E-state index is 0.107. The number of nitrogens with zero attached hydrogens (tertiary/aromatic N) is 5. The first-order chi connectivity index (χ1) is 14.8. The molecule has 2 atom stereocenters. The van der Waals surface area contributed by atoms with E-state index in [1.807, 2.05) is 4.90 Å². The number of imide groups is 1. The maximum atomic E-state index is 13.4. The van der Waals surface area contributed by atoms with Gasteiger partial charge in [0.05, 0.1) is 6.54 Å². The number of carbonyl (C=O) groups excluding carboxylic acids is 2. The third-order valence-corrected chi connectivity index (χ3v) is 6.29. The Bertz CT molecular complexity index is 1100. The molecule has 2 saturated heterocycles. The molecule has 3 amide bonds. The van der Waals surface area contributed by atoms with Crippen LogP contribution in [-0.4, -0.2) is 64.9 Å². The quantitative estimate of drug-likeness (QED) is 0.765. The lowest BCUT2D eigenvalue weighted by Crippen LogP contribution is -2.64. The maximum Gasteiger partial charge on any atom is 0.328 e. The number of carbonyl (C=O) groups is 2. The van der Waals surface area contributed by atoms with Gasteiger partial charge in [0.2, 0.25) is 5.96 Å². The van der Waals surface area contributed by atoms with Crippen molar-refractivity contribution >= 4 is 23.6 Å². The number of rotatable bonds is 3. The molecule has 3 heterocycles. The highest BCUT2D eigenvalue weighted by Crippen LogP contribution is 2.35. The Hall–Kier alpha value is -3.42. The highest BCUT2D eigenvalue weighted by Gasteiger charge is 2.54. The first-order valence-corrected chi connectivity index (χ1v) is 10.4. The van der Waals surface area contributed by atoms with Crippen molar-refractivity contribution in [3.63, 3.8) is 0 Å². The molecule has 0 aromatic heterocycles. The molecule has 31 heavy (non-hydrogen) atoms. The number of amides is 3. The van der Waals surface area contributed by atoms with Crippen LogP contribution in [0.15, 0.2) is 47.5 Å². The molecule has 0 N–H and O–H groups in total. The number of anilines is 1. The number of halogens is 1. The summed E-state index contributed by atoms with van der Waals surface area (Å²) in [5.41, 5.74) is 4.07. The van der Waals surface area contributed by atoms with Crippen molar-refractivity contribution in [1.82, 2.24) is 14.7 Å². The second-order valence-corrected chi connectivity index (χ2v) is 8.37. The number of aryl methyl sites for hydroxylation is 2. The lowest BCUT2D eigenvalue weighted by atomic mass is 10.1. The molecule has 7 nitrogen and oxygen atoms in total. The SMILES string of the molecule is Cc1ccc(C)c(N2CCN3C2=NC2C3C(=O)N(Cc3ccc(F)cc3)C(=O)N2C)c1. The molecule has 2 aromatic rings. The number of hydrogen-bond donors (Lipinski definition) is 0. The summed E-state index contributed by atoms with van der Waals surface area (Å²) in [6.07, 6.45) is -0.549. The number of hydrogen-bond acceptors (Lipinski definition) is 5. The molecule has 2 fully saturated rings. The van der Waals surface area contributed by atoms with Gasteiger partial charge in [0.15, 0.2) is 12.2 Å². The second kappa shape index (κ2) is 7.08. The second-order valence-electron chi connectivity index (χ2n) is 8.37. The first-order valence-electron chi connectivity index (χ1n) is 10.4. The van der Waals surface area contributed by atoms with Gasteiger partial charge in [-0.15, -0.1) is 0 Å². The van der Waals surface area contributed by atoms with Crippen molar-refractivity contribution in [2.75, 3.05) is 25.0 Å². The van der Waals surface area contributed by atoms with Crippen molar-refractivity contribution in [2.24, 2.45) is 4.99 Å². The Morgan fingerprint density at radius 2 is 1.81 bits per heavy atom. The van der Waals surface area contributed by atoms with E-state index in [1.165, 1.54) is 21.9 Å². The summed E-state index contributed by atoms with van der Waals surface area (Å²) in [7, 11) is 1.68. The molecule has 160 valence electrons. The van der Waals surface area contributed by atoms with Gasteiger partial charge < -0.3 is 14.7 Å². The van der Waals surface area contributed by atoms with Crippen LogP contribution in [0.1, 0.15) is 16.7 Å². The third-order valence-electron chi connectivity index (χ3n) is 6.29. The Morgan fingerprint density at radius 3 is 2.55 bits per heavy atom. The Kier molecular flexibility index (Phi) is 4.46. The zero-order chi connectivity index (χ0) is 21.9. The molecule has 0 aliphatic carbocycles. The average Bonchev–Trinajstić information content (AvgIpc) is 3.32. The Balaban J connectivity index is 1.45. The normalized spacial score (nSPS) is 22.8. The van der Waals surface area contributed by atoms with E-state index in [4.69, 9.17) is 4.99 Å². The number of aliphatic imine (C=N–C) groups is 1. The zero-order valence-corrected chi connectivity index (χ0v) is 17.7. The number of benzene rings is 2. The molecule has 5 rings (SSSR count). The molecular weight excluding hydrogens is 397 g/mol.